The summed E-state index contributed by atoms with van der Waals surface area (Å²) in [4.78, 5) is 36.2. The molecular weight excluding hydrogens is 446 g/mol. The molecule has 0 bridgehead atoms. The van der Waals surface area contributed by atoms with Gasteiger partial charge in [0.05, 0.1) is 29.4 Å². The van der Waals surface area contributed by atoms with E-state index in [2.05, 4.69) is 42.8 Å². The molecule has 10 nitrogen and oxygen atoms in total. The predicted molar refractivity (Wildman–Crippen MR) is 135 cm³/mol. The van der Waals surface area contributed by atoms with Crippen LogP contribution in [0.3, 0.4) is 0 Å². The molecule has 0 aliphatic carbocycles. The summed E-state index contributed by atoms with van der Waals surface area (Å²) in [6.07, 6.45) is 2.99. The van der Waals surface area contributed by atoms with Gasteiger partial charge in [-0.05, 0) is 42.0 Å². The Hall–Kier alpha value is -4.86. The average Bonchev–Trinajstić information content (AvgIpc) is 3.36. The van der Waals surface area contributed by atoms with E-state index in [1.807, 2.05) is 30.3 Å². The highest BCUT2D eigenvalue weighted by Crippen LogP contribution is 2.31. The van der Waals surface area contributed by atoms with E-state index >= 15 is 0 Å². The van der Waals surface area contributed by atoms with E-state index in [1.54, 1.807) is 38.6 Å². The number of hydrogen-bond acceptors (Lipinski definition) is 7. The first kappa shape index (κ1) is 23.3. The summed E-state index contributed by atoms with van der Waals surface area (Å²) in [5.41, 5.74) is 3.18. The lowest BCUT2D eigenvalue weighted by Gasteiger charge is -2.15. The second kappa shape index (κ2) is 10.4. The van der Waals surface area contributed by atoms with Gasteiger partial charge in [-0.25, -0.2) is 0 Å². The number of H-pyrrole nitrogens is 1. The molecule has 2 amide bonds. The van der Waals surface area contributed by atoms with Gasteiger partial charge in [-0.15, -0.1) is 0 Å². The quantitative estimate of drug-likeness (QED) is 0.236. The first-order valence-electron chi connectivity index (χ1n) is 10.8. The molecule has 0 fully saturated rings. The van der Waals surface area contributed by atoms with Crippen LogP contribution in [0.2, 0.25) is 0 Å². The SMILES string of the molecule is C=CC(=O)NCc1ccc(OC)c(Nc2nc(Nc3ccccc3C(=O)NC)c3cc[nH]c3n2)c1. The number of anilines is 4. The van der Waals surface area contributed by atoms with E-state index in [9.17, 15) is 9.59 Å². The van der Waals surface area contributed by atoms with Crippen LogP contribution in [0.5, 0.6) is 5.75 Å². The summed E-state index contributed by atoms with van der Waals surface area (Å²) >= 11 is 0. The lowest BCUT2D eigenvalue weighted by atomic mass is 10.1. The molecule has 0 unspecified atom stereocenters. The summed E-state index contributed by atoms with van der Waals surface area (Å²) in [6.45, 7) is 3.78. The minimum absolute atomic E-state index is 0.212. The molecule has 0 aliphatic rings. The number of para-hydroxylation sites is 1. The Labute approximate surface area is 201 Å². The zero-order valence-electron chi connectivity index (χ0n) is 19.3. The van der Waals surface area contributed by atoms with Crippen LogP contribution in [0.15, 0.2) is 67.4 Å². The number of hydrogen-bond donors (Lipinski definition) is 5. The highest BCUT2D eigenvalue weighted by Gasteiger charge is 2.15. The lowest BCUT2D eigenvalue weighted by Crippen LogP contribution is -2.20. The fourth-order valence-corrected chi connectivity index (χ4v) is 3.49. The Morgan fingerprint density at radius 2 is 1.91 bits per heavy atom. The van der Waals surface area contributed by atoms with E-state index in [4.69, 9.17) is 4.74 Å². The fraction of sp³-hybridized carbons (Fsp3) is 0.120. The van der Waals surface area contributed by atoms with Gasteiger partial charge in [0.1, 0.15) is 17.2 Å². The number of aromatic nitrogens is 3. The van der Waals surface area contributed by atoms with Crippen LogP contribution in [0.1, 0.15) is 15.9 Å². The maximum absolute atomic E-state index is 12.3. The van der Waals surface area contributed by atoms with Crippen molar-refractivity contribution in [3.63, 3.8) is 0 Å². The molecule has 178 valence electrons. The maximum atomic E-state index is 12.3. The Morgan fingerprint density at radius 1 is 1.09 bits per heavy atom. The fourth-order valence-electron chi connectivity index (χ4n) is 3.49. The Kier molecular flexibility index (Phi) is 6.91. The summed E-state index contributed by atoms with van der Waals surface area (Å²) in [7, 11) is 3.15. The maximum Gasteiger partial charge on any atom is 0.253 e. The number of fused-ring (bicyclic) bond motifs is 1. The average molecular weight is 472 g/mol. The Morgan fingerprint density at radius 3 is 2.69 bits per heavy atom. The van der Waals surface area contributed by atoms with Gasteiger partial charge < -0.3 is 31.0 Å². The number of methoxy groups -OCH3 is 1. The van der Waals surface area contributed by atoms with Gasteiger partial charge in [-0.1, -0.05) is 24.8 Å². The van der Waals surface area contributed by atoms with Crippen molar-refractivity contribution in [3.05, 3.63) is 78.5 Å². The van der Waals surface area contributed by atoms with Crippen LogP contribution in [0, 0.1) is 0 Å². The highest BCUT2D eigenvalue weighted by atomic mass is 16.5. The molecule has 0 radical (unpaired) electrons. The lowest BCUT2D eigenvalue weighted by molar-refractivity contribution is -0.116. The van der Waals surface area contributed by atoms with E-state index in [0.717, 1.165) is 10.9 Å². The molecule has 0 aliphatic heterocycles. The number of nitrogens with one attached hydrogen (secondary N) is 5. The van der Waals surface area contributed by atoms with E-state index in [0.29, 0.717) is 46.6 Å². The van der Waals surface area contributed by atoms with Gasteiger partial charge in [0.15, 0.2) is 0 Å². The number of carbonyl (C=O) groups is 2. The molecule has 4 rings (SSSR count). The normalized spacial score (nSPS) is 10.5. The van der Waals surface area contributed by atoms with Crippen molar-refractivity contribution < 1.29 is 14.3 Å². The van der Waals surface area contributed by atoms with Gasteiger partial charge >= 0.3 is 0 Å². The number of aromatic amines is 1. The minimum atomic E-state index is -0.261. The molecule has 0 saturated carbocycles. The van der Waals surface area contributed by atoms with Crippen LogP contribution in [0.4, 0.5) is 23.1 Å². The number of amides is 2. The summed E-state index contributed by atoms with van der Waals surface area (Å²) < 4.78 is 5.48. The highest BCUT2D eigenvalue weighted by molar-refractivity contribution is 6.01. The van der Waals surface area contributed by atoms with Crippen molar-refractivity contribution in [2.24, 2.45) is 0 Å². The third-order valence-electron chi connectivity index (χ3n) is 5.23. The predicted octanol–water partition coefficient (Wildman–Crippen LogP) is 3.62. The molecule has 35 heavy (non-hydrogen) atoms. The molecule has 5 N–H and O–H groups in total. The van der Waals surface area contributed by atoms with Gasteiger partial charge in [0.2, 0.25) is 11.9 Å². The molecule has 0 atom stereocenters. The van der Waals surface area contributed by atoms with Crippen molar-refractivity contribution in [2.75, 3.05) is 24.8 Å². The van der Waals surface area contributed by atoms with Crippen molar-refractivity contribution in [1.29, 1.82) is 0 Å². The third kappa shape index (κ3) is 5.22. The van der Waals surface area contributed by atoms with Crippen molar-refractivity contribution >= 4 is 46.0 Å². The van der Waals surface area contributed by atoms with Gasteiger partial charge in [0.25, 0.3) is 5.91 Å². The van der Waals surface area contributed by atoms with Gasteiger partial charge in [-0.3, -0.25) is 9.59 Å². The zero-order valence-corrected chi connectivity index (χ0v) is 19.3. The van der Waals surface area contributed by atoms with Crippen LogP contribution < -0.4 is 26.0 Å². The van der Waals surface area contributed by atoms with Crippen molar-refractivity contribution in [3.8, 4) is 5.75 Å². The van der Waals surface area contributed by atoms with E-state index < -0.39 is 0 Å². The summed E-state index contributed by atoms with van der Waals surface area (Å²) in [6, 6.07) is 14.5. The molecule has 0 saturated heterocycles. The van der Waals surface area contributed by atoms with Crippen molar-refractivity contribution in [2.45, 2.75) is 6.54 Å². The minimum Gasteiger partial charge on any atom is -0.495 e. The third-order valence-corrected chi connectivity index (χ3v) is 5.23. The Balaban J connectivity index is 1.68. The second-order valence-corrected chi connectivity index (χ2v) is 7.47. The van der Waals surface area contributed by atoms with Crippen LogP contribution >= 0.6 is 0 Å². The van der Waals surface area contributed by atoms with Crippen LogP contribution in [-0.4, -0.2) is 40.9 Å². The number of rotatable bonds is 9. The summed E-state index contributed by atoms with van der Waals surface area (Å²) in [5.74, 6) is 0.937. The van der Waals surface area contributed by atoms with Crippen LogP contribution in [0.25, 0.3) is 11.0 Å². The largest absolute Gasteiger partial charge is 0.495 e. The smallest absolute Gasteiger partial charge is 0.253 e. The number of carbonyl (C=O) groups excluding carboxylic acids is 2. The number of ether oxygens (including phenoxy) is 1. The number of benzene rings is 2. The molecular formula is C25H25N7O3. The van der Waals surface area contributed by atoms with Crippen LogP contribution in [-0.2, 0) is 11.3 Å². The molecule has 10 heteroatoms. The molecule has 2 aromatic heterocycles. The first-order chi connectivity index (χ1) is 17.0. The second-order valence-electron chi connectivity index (χ2n) is 7.47. The standard InChI is InChI=1S/C25H25N7O3/c1-4-21(33)28-14-15-9-10-20(35-3)19(13-15)30-25-31-22-17(11-12-27-22)23(32-25)29-18-8-6-5-7-16(18)24(34)26-2/h4-13H,1,14H2,2-3H3,(H,26,34)(H,28,33)(H3,27,29,30,31,32). The Bertz CT molecular complexity index is 1400. The van der Waals surface area contributed by atoms with Crippen molar-refractivity contribution in [1.82, 2.24) is 25.6 Å². The topological polar surface area (TPSA) is 133 Å². The number of nitrogens with zero attached hydrogens (tertiary/aromatic N) is 2. The van der Waals surface area contributed by atoms with E-state index in [-0.39, 0.29) is 11.8 Å². The summed E-state index contributed by atoms with van der Waals surface area (Å²) in [5, 5.41) is 12.6. The van der Waals surface area contributed by atoms with Gasteiger partial charge in [0, 0.05) is 19.8 Å². The molecule has 2 heterocycles. The first-order valence-corrected chi connectivity index (χ1v) is 10.8. The molecule has 4 aromatic rings. The van der Waals surface area contributed by atoms with Gasteiger partial charge in [-0.2, -0.15) is 9.97 Å². The van der Waals surface area contributed by atoms with E-state index in [1.165, 1.54) is 6.08 Å². The monoisotopic (exact) mass is 471 g/mol. The molecule has 0 spiro atoms. The zero-order chi connectivity index (χ0) is 24.8. The molecule has 2 aromatic carbocycles.